The van der Waals surface area contributed by atoms with Gasteiger partial charge in [0.2, 0.25) is 5.88 Å². The molecule has 10 nitrogen and oxygen atoms in total. The second kappa shape index (κ2) is 9.74. The zero-order valence-electron chi connectivity index (χ0n) is 20.6. The summed E-state index contributed by atoms with van der Waals surface area (Å²) < 4.78 is 18.2. The molecule has 1 aliphatic heterocycles. The molecule has 190 valence electrons. The first-order valence-corrected chi connectivity index (χ1v) is 11.8. The molecule has 0 spiro atoms. The van der Waals surface area contributed by atoms with Crippen LogP contribution in [-0.4, -0.2) is 45.1 Å². The van der Waals surface area contributed by atoms with Gasteiger partial charge in [-0.25, -0.2) is 14.5 Å². The quantitative estimate of drug-likeness (QED) is 0.244. The summed E-state index contributed by atoms with van der Waals surface area (Å²) in [5.41, 5.74) is 4.09. The van der Waals surface area contributed by atoms with Crippen molar-refractivity contribution in [2.45, 2.75) is 12.5 Å². The lowest BCUT2D eigenvalue weighted by atomic mass is 9.84. The Morgan fingerprint density at radius 1 is 1.00 bits per heavy atom. The maximum absolute atomic E-state index is 10.1. The number of aromatic hydroxyl groups is 1. The van der Waals surface area contributed by atoms with E-state index in [4.69, 9.17) is 24.0 Å². The highest BCUT2D eigenvalue weighted by molar-refractivity contribution is 5.79. The fourth-order valence-corrected chi connectivity index (χ4v) is 4.43. The van der Waals surface area contributed by atoms with Gasteiger partial charge in [0.25, 0.3) is 0 Å². The van der Waals surface area contributed by atoms with E-state index in [1.807, 2.05) is 54.6 Å². The summed E-state index contributed by atoms with van der Waals surface area (Å²) in [5, 5.41) is 18.6. The number of phenols is 1. The Balaban J connectivity index is 1.33. The lowest BCUT2D eigenvalue weighted by Gasteiger charge is -2.28. The minimum atomic E-state index is -0.262. The summed E-state index contributed by atoms with van der Waals surface area (Å²) in [6.07, 6.45) is 3.16. The number of phenolic OH excluding ortho intramolecular Hbond substituents is 1. The number of ether oxygens (including phenoxy) is 3. The summed E-state index contributed by atoms with van der Waals surface area (Å²) in [4.78, 5) is 14.7. The van der Waals surface area contributed by atoms with Crippen LogP contribution in [0.1, 0.15) is 34.0 Å². The van der Waals surface area contributed by atoms with Crippen molar-refractivity contribution in [3.8, 4) is 28.9 Å². The van der Waals surface area contributed by atoms with Crippen LogP contribution in [0.3, 0.4) is 0 Å². The smallest absolute Gasteiger partial charge is 0.228 e. The van der Waals surface area contributed by atoms with Crippen LogP contribution in [0.15, 0.2) is 78.2 Å². The lowest BCUT2D eigenvalue weighted by molar-refractivity contribution is 0.126. The number of fused-ring (bicyclic) bond motifs is 4. The summed E-state index contributed by atoms with van der Waals surface area (Å²) >= 11 is 0. The van der Waals surface area contributed by atoms with Gasteiger partial charge in [0.1, 0.15) is 29.3 Å². The molecule has 0 amide bonds. The minimum Gasteiger partial charge on any atom is -0.508 e. The first kappa shape index (κ1) is 23.3. The molecule has 0 saturated carbocycles. The van der Waals surface area contributed by atoms with Gasteiger partial charge in [0, 0.05) is 17.5 Å². The molecule has 6 rings (SSSR count). The molecule has 0 saturated heterocycles. The van der Waals surface area contributed by atoms with Crippen molar-refractivity contribution >= 4 is 11.9 Å². The van der Waals surface area contributed by atoms with Crippen molar-refractivity contribution < 1.29 is 24.2 Å². The summed E-state index contributed by atoms with van der Waals surface area (Å²) in [5.74, 6) is 2.74. The van der Waals surface area contributed by atoms with Gasteiger partial charge in [0.15, 0.2) is 18.1 Å². The molecule has 0 aliphatic carbocycles. The maximum atomic E-state index is 10.1. The van der Waals surface area contributed by atoms with E-state index in [-0.39, 0.29) is 18.3 Å². The highest BCUT2D eigenvalue weighted by Crippen LogP contribution is 2.48. The molecule has 10 heteroatoms. The van der Waals surface area contributed by atoms with Gasteiger partial charge >= 0.3 is 0 Å². The molecule has 0 fully saturated rings. The van der Waals surface area contributed by atoms with Gasteiger partial charge in [-0.2, -0.15) is 0 Å². The van der Waals surface area contributed by atoms with Crippen molar-refractivity contribution in [1.82, 2.24) is 19.6 Å². The zero-order chi connectivity index (χ0) is 26.1. The fourth-order valence-electron chi connectivity index (χ4n) is 4.43. The Labute approximate surface area is 217 Å². The van der Waals surface area contributed by atoms with E-state index in [1.54, 1.807) is 43.4 Å². The van der Waals surface area contributed by atoms with Crippen molar-refractivity contribution in [1.29, 1.82) is 0 Å². The van der Waals surface area contributed by atoms with Crippen molar-refractivity contribution in [3.63, 3.8) is 0 Å². The number of oxime groups is 1. The first-order valence-electron chi connectivity index (χ1n) is 11.8. The monoisotopic (exact) mass is 509 g/mol. The Kier molecular flexibility index (Phi) is 5.97. The third-order valence-corrected chi connectivity index (χ3v) is 6.27. The van der Waals surface area contributed by atoms with Gasteiger partial charge in [0.05, 0.1) is 26.0 Å². The van der Waals surface area contributed by atoms with Crippen LogP contribution in [-0.2, 0) is 11.4 Å². The number of hydrogen-bond donors (Lipinski definition) is 1. The van der Waals surface area contributed by atoms with Crippen molar-refractivity contribution in [2.75, 3.05) is 14.2 Å². The topological polar surface area (TPSA) is 113 Å². The molecule has 1 N–H and O–H groups in total. The second-order valence-corrected chi connectivity index (χ2v) is 8.57. The van der Waals surface area contributed by atoms with Crippen LogP contribution in [0, 0.1) is 0 Å². The molecule has 1 aliphatic rings. The van der Waals surface area contributed by atoms with E-state index in [0.29, 0.717) is 23.1 Å². The van der Waals surface area contributed by atoms with E-state index in [9.17, 15) is 5.11 Å². The third-order valence-electron chi connectivity index (χ3n) is 6.27. The number of benzene rings is 3. The van der Waals surface area contributed by atoms with Crippen LogP contribution < -0.4 is 14.2 Å². The molecule has 2 aromatic heterocycles. The number of methoxy groups -OCH3 is 2. The highest BCUT2D eigenvalue weighted by Gasteiger charge is 2.33. The zero-order valence-corrected chi connectivity index (χ0v) is 20.6. The summed E-state index contributed by atoms with van der Waals surface area (Å²) in [6, 6.07) is 20.3. The predicted octanol–water partition coefficient (Wildman–Crippen LogP) is 4.68. The van der Waals surface area contributed by atoms with Gasteiger partial charge in [-0.3, -0.25) is 0 Å². The van der Waals surface area contributed by atoms with Gasteiger partial charge in [-0.1, -0.05) is 23.4 Å². The number of rotatable bonds is 7. The highest BCUT2D eigenvalue weighted by atomic mass is 16.6. The molecule has 0 bridgehead atoms. The van der Waals surface area contributed by atoms with E-state index >= 15 is 0 Å². The standard InChI is InChI=1S/C28H23N5O5/c1-35-20-8-3-17(4-9-20)14-30-37-15-24-31-27-26-25(18-5-10-21(36-2)11-6-18)22-12-7-19(34)13-23(22)38-28(26)29-16-33(27)32-24/h3-14,16,25,34H,15H2,1-2H3/b30-14-/t25-/m0/s1. The van der Waals surface area contributed by atoms with E-state index in [0.717, 1.165) is 33.8 Å². The Morgan fingerprint density at radius 3 is 2.47 bits per heavy atom. The van der Waals surface area contributed by atoms with Crippen LogP contribution in [0.5, 0.6) is 28.9 Å². The van der Waals surface area contributed by atoms with Crippen LogP contribution in [0.4, 0.5) is 0 Å². The first-order chi connectivity index (χ1) is 18.6. The molecular formula is C28H23N5O5. The van der Waals surface area contributed by atoms with Gasteiger partial charge in [-0.05, 0) is 53.6 Å². The molecule has 5 aromatic rings. The molecular weight excluding hydrogens is 486 g/mol. The average molecular weight is 510 g/mol. The Bertz CT molecular complexity index is 1630. The summed E-state index contributed by atoms with van der Waals surface area (Å²) in [7, 11) is 3.25. The predicted molar refractivity (Wildman–Crippen MR) is 138 cm³/mol. The number of aromatic nitrogens is 4. The van der Waals surface area contributed by atoms with Gasteiger partial charge < -0.3 is 24.2 Å². The van der Waals surface area contributed by atoms with Gasteiger partial charge in [-0.15, -0.1) is 5.10 Å². The SMILES string of the molecule is COc1ccc(/C=N\OCc2nc3c4c(ncn3n2)Oc2cc(O)ccc2[C@@H]4c2ccc(OC)cc2)cc1. The Hall–Kier alpha value is -5.12. The van der Waals surface area contributed by atoms with Crippen molar-refractivity contribution in [2.24, 2.45) is 5.16 Å². The minimum absolute atomic E-state index is 0.0711. The summed E-state index contributed by atoms with van der Waals surface area (Å²) in [6.45, 7) is 0.0711. The van der Waals surface area contributed by atoms with Crippen LogP contribution in [0.2, 0.25) is 0 Å². The lowest BCUT2D eigenvalue weighted by Crippen LogP contribution is -2.15. The molecule has 38 heavy (non-hydrogen) atoms. The number of hydrogen-bond acceptors (Lipinski definition) is 9. The molecule has 0 radical (unpaired) electrons. The molecule has 1 atom stereocenters. The third kappa shape index (κ3) is 4.32. The maximum Gasteiger partial charge on any atom is 0.228 e. The normalized spacial score (nSPS) is 14.1. The van der Waals surface area contributed by atoms with Crippen LogP contribution >= 0.6 is 0 Å². The van der Waals surface area contributed by atoms with E-state index in [1.165, 1.54) is 0 Å². The Morgan fingerprint density at radius 2 is 1.74 bits per heavy atom. The second-order valence-electron chi connectivity index (χ2n) is 8.57. The average Bonchev–Trinajstić information content (AvgIpc) is 3.38. The van der Waals surface area contributed by atoms with Crippen LogP contribution in [0.25, 0.3) is 5.65 Å². The fraction of sp³-hybridized carbons (Fsp3) is 0.143. The molecule has 0 unspecified atom stereocenters. The molecule has 3 aromatic carbocycles. The van der Waals surface area contributed by atoms with E-state index < -0.39 is 0 Å². The van der Waals surface area contributed by atoms with Crippen molar-refractivity contribution in [3.05, 3.63) is 101 Å². The largest absolute Gasteiger partial charge is 0.508 e. The molecule has 3 heterocycles. The van der Waals surface area contributed by atoms with E-state index in [2.05, 4.69) is 15.2 Å². The number of nitrogens with zero attached hydrogens (tertiary/aromatic N) is 5.